The van der Waals surface area contributed by atoms with E-state index in [0.29, 0.717) is 12.6 Å². The number of halogens is 1. The van der Waals surface area contributed by atoms with Crippen molar-refractivity contribution in [2.45, 2.75) is 96.9 Å². The smallest absolute Gasteiger partial charge is 0.407 e. The minimum absolute atomic E-state index is 0. The molecule has 0 spiro atoms. The fourth-order valence-electron chi connectivity index (χ4n) is 3.60. The summed E-state index contributed by atoms with van der Waals surface area (Å²) in [4.78, 5) is 19.5. The Morgan fingerprint density at radius 1 is 1.17 bits per heavy atom. The molecule has 1 atom stereocenters. The standard InChI is InChI=1S/C21H41N5O2.HI/c1-6-8-17(25-20(27)28-21(3,4)5)15-23-19(22-7-2)24-16-11-13-26(14-12-16)18-9-10-18;/h16-18H,6-15H2,1-5H3,(H,25,27)(H2,22,23,24);1H. The van der Waals surface area contributed by atoms with Crippen LogP contribution in [0.3, 0.4) is 0 Å². The first-order chi connectivity index (χ1) is 13.3. The number of rotatable bonds is 8. The van der Waals surface area contributed by atoms with E-state index in [1.165, 1.54) is 25.9 Å². The first-order valence-electron chi connectivity index (χ1n) is 11.1. The molecule has 0 aromatic carbocycles. The molecule has 1 aliphatic carbocycles. The Labute approximate surface area is 194 Å². The SMILES string of the molecule is CCCC(CN=C(NCC)NC1CCN(C2CC2)CC1)NC(=O)OC(C)(C)C.I. The summed E-state index contributed by atoms with van der Waals surface area (Å²) >= 11 is 0. The van der Waals surface area contributed by atoms with E-state index in [0.717, 1.165) is 44.2 Å². The normalized spacial score (nSPS) is 19.8. The lowest BCUT2D eigenvalue weighted by Crippen LogP contribution is -2.49. The Hall–Kier alpha value is -0.770. The Balaban J connectivity index is 0.00000420. The summed E-state index contributed by atoms with van der Waals surface area (Å²) in [6.07, 6.45) is 6.58. The van der Waals surface area contributed by atoms with Gasteiger partial charge in [-0.2, -0.15) is 0 Å². The number of nitrogens with one attached hydrogen (secondary N) is 3. The maximum Gasteiger partial charge on any atom is 0.407 e. The predicted molar refractivity (Wildman–Crippen MR) is 130 cm³/mol. The number of piperidine rings is 1. The molecule has 29 heavy (non-hydrogen) atoms. The third-order valence-corrected chi connectivity index (χ3v) is 5.11. The number of carbonyl (C=O) groups is 1. The van der Waals surface area contributed by atoms with E-state index in [2.05, 4.69) is 34.7 Å². The summed E-state index contributed by atoms with van der Waals surface area (Å²) in [6, 6.07) is 1.31. The highest BCUT2D eigenvalue weighted by molar-refractivity contribution is 14.0. The third-order valence-electron chi connectivity index (χ3n) is 5.11. The molecule has 2 rings (SSSR count). The van der Waals surface area contributed by atoms with Gasteiger partial charge in [0.2, 0.25) is 0 Å². The van der Waals surface area contributed by atoms with Crippen LogP contribution in [0.1, 0.15) is 73.1 Å². The molecule has 1 unspecified atom stereocenters. The lowest BCUT2D eigenvalue weighted by Gasteiger charge is -2.33. The largest absolute Gasteiger partial charge is 0.444 e. The lowest BCUT2D eigenvalue weighted by atomic mass is 10.1. The van der Waals surface area contributed by atoms with Crippen LogP contribution in [-0.2, 0) is 4.74 Å². The molecule has 0 aromatic heterocycles. The zero-order valence-corrected chi connectivity index (χ0v) is 21.3. The van der Waals surface area contributed by atoms with Gasteiger partial charge in [-0.25, -0.2) is 4.79 Å². The molecule has 0 bridgehead atoms. The first kappa shape index (κ1) is 26.3. The van der Waals surface area contributed by atoms with Crippen molar-refractivity contribution in [1.82, 2.24) is 20.9 Å². The topological polar surface area (TPSA) is 78.0 Å². The Morgan fingerprint density at radius 3 is 2.34 bits per heavy atom. The summed E-state index contributed by atoms with van der Waals surface area (Å²) < 4.78 is 5.39. The van der Waals surface area contributed by atoms with Gasteiger partial charge in [0.15, 0.2) is 5.96 Å². The Morgan fingerprint density at radius 2 is 1.83 bits per heavy atom. The molecule has 170 valence electrons. The van der Waals surface area contributed by atoms with Gasteiger partial charge in [0.05, 0.1) is 12.6 Å². The molecule has 2 aliphatic rings. The van der Waals surface area contributed by atoms with Crippen molar-refractivity contribution in [3.05, 3.63) is 0 Å². The summed E-state index contributed by atoms with van der Waals surface area (Å²) in [7, 11) is 0. The molecule has 7 nitrogen and oxygen atoms in total. The van der Waals surface area contributed by atoms with Gasteiger partial charge in [-0.3, -0.25) is 4.99 Å². The molecule has 1 amide bonds. The molecular formula is C21H42IN5O2. The van der Waals surface area contributed by atoms with Crippen LogP contribution in [-0.4, -0.2) is 66.9 Å². The van der Waals surface area contributed by atoms with E-state index in [1.807, 2.05) is 20.8 Å². The molecular weight excluding hydrogens is 481 g/mol. The number of hydrogen-bond donors (Lipinski definition) is 3. The average molecular weight is 524 g/mol. The number of ether oxygens (including phenoxy) is 1. The van der Waals surface area contributed by atoms with Gasteiger partial charge in [-0.05, 0) is 59.8 Å². The number of alkyl carbamates (subject to hydrolysis) is 1. The fraction of sp³-hybridized carbons (Fsp3) is 0.905. The second kappa shape index (κ2) is 12.8. The van der Waals surface area contributed by atoms with E-state index in [9.17, 15) is 4.79 Å². The van der Waals surface area contributed by atoms with Crippen LogP contribution in [0.4, 0.5) is 4.79 Å². The van der Waals surface area contributed by atoms with Crippen molar-refractivity contribution in [3.8, 4) is 0 Å². The molecule has 0 aromatic rings. The van der Waals surface area contributed by atoms with E-state index >= 15 is 0 Å². The van der Waals surface area contributed by atoms with Crippen LogP contribution >= 0.6 is 24.0 Å². The first-order valence-corrected chi connectivity index (χ1v) is 11.1. The fourth-order valence-corrected chi connectivity index (χ4v) is 3.60. The number of likely N-dealkylation sites (tertiary alicyclic amines) is 1. The third kappa shape index (κ3) is 10.7. The summed E-state index contributed by atoms with van der Waals surface area (Å²) in [5.41, 5.74) is -0.490. The van der Waals surface area contributed by atoms with Gasteiger partial charge in [-0.1, -0.05) is 13.3 Å². The van der Waals surface area contributed by atoms with Gasteiger partial charge in [0.25, 0.3) is 0 Å². The summed E-state index contributed by atoms with van der Waals surface area (Å²) in [5, 5.41) is 9.91. The summed E-state index contributed by atoms with van der Waals surface area (Å²) in [5.74, 6) is 0.847. The zero-order chi connectivity index (χ0) is 20.6. The van der Waals surface area contributed by atoms with Crippen LogP contribution in [0.25, 0.3) is 0 Å². The molecule has 2 fully saturated rings. The van der Waals surface area contributed by atoms with Crippen molar-refractivity contribution in [2.24, 2.45) is 4.99 Å². The molecule has 1 saturated carbocycles. The van der Waals surface area contributed by atoms with Gasteiger partial charge >= 0.3 is 6.09 Å². The highest BCUT2D eigenvalue weighted by atomic mass is 127. The maximum absolute atomic E-state index is 12.1. The van der Waals surface area contributed by atoms with Gasteiger partial charge in [-0.15, -0.1) is 24.0 Å². The molecule has 1 aliphatic heterocycles. The minimum atomic E-state index is -0.490. The highest BCUT2D eigenvalue weighted by Gasteiger charge is 2.32. The van der Waals surface area contributed by atoms with Crippen LogP contribution in [0.15, 0.2) is 4.99 Å². The number of nitrogens with zero attached hydrogens (tertiary/aromatic N) is 2. The van der Waals surface area contributed by atoms with E-state index in [1.54, 1.807) is 0 Å². The van der Waals surface area contributed by atoms with Crippen LogP contribution in [0.2, 0.25) is 0 Å². The van der Waals surface area contributed by atoms with Crippen molar-refractivity contribution in [1.29, 1.82) is 0 Å². The van der Waals surface area contributed by atoms with E-state index < -0.39 is 5.60 Å². The number of amides is 1. The van der Waals surface area contributed by atoms with Crippen molar-refractivity contribution < 1.29 is 9.53 Å². The molecule has 3 N–H and O–H groups in total. The van der Waals surface area contributed by atoms with Gasteiger partial charge < -0.3 is 25.6 Å². The van der Waals surface area contributed by atoms with Crippen LogP contribution in [0, 0.1) is 0 Å². The Kier molecular flexibility index (Phi) is 11.6. The van der Waals surface area contributed by atoms with Crippen LogP contribution in [0.5, 0.6) is 0 Å². The van der Waals surface area contributed by atoms with E-state index in [-0.39, 0.29) is 36.1 Å². The average Bonchev–Trinajstić information content (AvgIpc) is 3.44. The molecule has 1 heterocycles. The number of carbonyl (C=O) groups excluding carboxylic acids is 1. The minimum Gasteiger partial charge on any atom is -0.444 e. The molecule has 8 heteroatoms. The quantitative estimate of drug-likeness (QED) is 0.258. The zero-order valence-electron chi connectivity index (χ0n) is 18.9. The molecule has 1 saturated heterocycles. The number of hydrogen-bond acceptors (Lipinski definition) is 4. The highest BCUT2D eigenvalue weighted by Crippen LogP contribution is 2.29. The van der Waals surface area contributed by atoms with Crippen molar-refractivity contribution >= 4 is 36.0 Å². The number of aliphatic imine (C=N–C) groups is 1. The predicted octanol–water partition coefficient (Wildman–Crippen LogP) is 3.48. The van der Waals surface area contributed by atoms with Gasteiger partial charge in [0, 0.05) is 31.7 Å². The Bertz CT molecular complexity index is 512. The van der Waals surface area contributed by atoms with Crippen molar-refractivity contribution in [3.63, 3.8) is 0 Å². The van der Waals surface area contributed by atoms with Gasteiger partial charge in [0.1, 0.15) is 5.60 Å². The van der Waals surface area contributed by atoms with Crippen LogP contribution < -0.4 is 16.0 Å². The maximum atomic E-state index is 12.1. The van der Waals surface area contributed by atoms with Crippen molar-refractivity contribution in [2.75, 3.05) is 26.2 Å². The lowest BCUT2D eigenvalue weighted by molar-refractivity contribution is 0.0503. The second-order valence-electron chi connectivity index (χ2n) is 9.04. The monoisotopic (exact) mass is 523 g/mol. The summed E-state index contributed by atoms with van der Waals surface area (Å²) in [6.45, 7) is 13.6. The van der Waals surface area contributed by atoms with E-state index in [4.69, 9.17) is 9.73 Å². The number of guanidine groups is 1. The second-order valence-corrected chi connectivity index (χ2v) is 9.04. The molecule has 0 radical (unpaired) electrons.